The molecular weight excluding hydrogens is 587 g/mol. The number of likely N-dealkylation sites (tertiary alicyclic amines) is 2. The van der Waals surface area contributed by atoms with Crippen LogP contribution in [-0.2, 0) is 22.9 Å². The van der Waals surface area contributed by atoms with Crippen molar-refractivity contribution < 1.29 is 22.8 Å². The van der Waals surface area contributed by atoms with Gasteiger partial charge in [-0.05, 0) is 85.7 Å². The molecule has 2 aromatic carbocycles. The van der Waals surface area contributed by atoms with Crippen LogP contribution in [0.5, 0.6) is 0 Å². The number of amides is 2. The summed E-state index contributed by atoms with van der Waals surface area (Å²) in [7, 11) is 0. The smallest absolute Gasteiger partial charge is 0.338 e. The molecule has 2 saturated heterocycles. The van der Waals surface area contributed by atoms with E-state index in [0.717, 1.165) is 36.4 Å². The fourth-order valence-corrected chi connectivity index (χ4v) is 8.77. The fraction of sp³-hybridized carbons (Fsp3) is 0.455. The standard InChI is InChI=1S/C33H34F3N5O2S/c1-4-28(42)40-17-31(18-40)8-9-39(16-31)21(3)22-10-25-26(27(11-22)33(34,35)36)15-41(29(25)43)24-7-5-6-23(12-24)32(13-20(2)14-32)30-38-37-19-44-30/h4-7,10-12,19-21H,1,8-9,13-18H2,2-3H3/t20?,21-,32?/m1/s1. The Morgan fingerprint density at radius 3 is 2.61 bits per heavy atom. The summed E-state index contributed by atoms with van der Waals surface area (Å²) in [4.78, 5) is 31.2. The molecule has 1 aromatic heterocycles. The van der Waals surface area contributed by atoms with Crippen LogP contribution in [0.4, 0.5) is 18.9 Å². The van der Waals surface area contributed by atoms with Gasteiger partial charge >= 0.3 is 6.18 Å². The van der Waals surface area contributed by atoms with E-state index >= 15 is 0 Å². The number of hydrogen-bond acceptors (Lipinski definition) is 6. The van der Waals surface area contributed by atoms with Crippen LogP contribution in [0, 0.1) is 11.3 Å². The van der Waals surface area contributed by atoms with Crippen LogP contribution < -0.4 is 4.90 Å². The number of hydrogen-bond donors (Lipinski definition) is 0. The molecular formula is C33H34F3N5O2S. The quantitative estimate of drug-likeness (QED) is 0.306. The average Bonchev–Trinajstić information content (AvgIpc) is 3.73. The number of halogens is 3. The zero-order valence-electron chi connectivity index (χ0n) is 24.7. The van der Waals surface area contributed by atoms with Crippen molar-refractivity contribution in [1.82, 2.24) is 20.0 Å². The summed E-state index contributed by atoms with van der Waals surface area (Å²) in [5, 5.41) is 9.34. The van der Waals surface area contributed by atoms with Crippen LogP contribution in [-0.4, -0.2) is 58.0 Å². The highest BCUT2D eigenvalue weighted by Crippen LogP contribution is 2.53. The Hall–Kier alpha value is -3.57. The number of nitrogens with zero attached hydrogens (tertiary/aromatic N) is 5. The largest absolute Gasteiger partial charge is 0.416 e. The Labute approximate surface area is 258 Å². The molecule has 0 unspecified atom stereocenters. The number of rotatable bonds is 6. The zero-order chi connectivity index (χ0) is 31.0. The molecule has 2 amide bonds. The van der Waals surface area contributed by atoms with Crippen LogP contribution >= 0.6 is 11.3 Å². The predicted octanol–water partition coefficient (Wildman–Crippen LogP) is 6.21. The summed E-state index contributed by atoms with van der Waals surface area (Å²) in [6.45, 7) is 10.2. The molecule has 0 radical (unpaired) electrons. The van der Waals surface area contributed by atoms with Crippen molar-refractivity contribution in [2.24, 2.45) is 11.3 Å². The first-order valence-corrected chi connectivity index (χ1v) is 15.9. The highest BCUT2D eigenvalue weighted by molar-refractivity contribution is 7.09. The molecule has 7 rings (SSSR count). The third-order valence-corrected chi connectivity index (χ3v) is 11.2. The second kappa shape index (κ2) is 10.2. The second-order valence-electron chi connectivity index (χ2n) is 13.2. The van der Waals surface area contributed by atoms with E-state index in [9.17, 15) is 22.8 Å². The maximum Gasteiger partial charge on any atom is 0.416 e. The summed E-state index contributed by atoms with van der Waals surface area (Å²) in [6.07, 6.45) is -0.616. The average molecular weight is 622 g/mol. The second-order valence-corrected chi connectivity index (χ2v) is 14.0. The van der Waals surface area contributed by atoms with Gasteiger partial charge in [-0.15, -0.1) is 21.5 Å². The molecule has 1 aliphatic carbocycles. The minimum absolute atomic E-state index is 0.0235. The third kappa shape index (κ3) is 4.58. The molecule has 1 atom stereocenters. The van der Waals surface area contributed by atoms with Crippen LogP contribution in [0.15, 0.2) is 54.6 Å². The van der Waals surface area contributed by atoms with Crippen LogP contribution in [0.2, 0.25) is 0 Å². The van der Waals surface area contributed by atoms with Gasteiger partial charge in [0, 0.05) is 47.8 Å². The summed E-state index contributed by atoms with van der Waals surface area (Å²) in [5.41, 5.74) is 2.84. The van der Waals surface area contributed by atoms with Crippen molar-refractivity contribution in [2.45, 2.75) is 57.3 Å². The Bertz CT molecular complexity index is 1640. The molecule has 1 saturated carbocycles. The lowest BCUT2D eigenvalue weighted by Gasteiger charge is -2.48. The number of alkyl halides is 3. The number of benzene rings is 2. The lowest BCUT2D eigenvalue weighted by Crippen LogP contribution is -2.59. The maximum atomic E-state index is 14.5. The molecule has 0 N–H and O–H groups in total. The predicted molar refractivity (Wildman–Crippen MR) is 161 cm³/mol. The Morgan fingerprint density at radius 1 is 1.18 bits per heavy atom. The monoisotopic (exact) mass is 621 g/mol. The van der Waals surface area contributed by atoms with Gasteiger partial charge in [0.25, 0.3) is 5.91 Å². The first kappa shape index (κ1) is 29.2. The van der Waals surface area contributed by atoms with Crippen LogP contribution in [0.25, 0.3) is 0 Å². The van der Waals surface area contributed by atoms with Crippen molar-refractivity contribution in [3.63, 3.8) is 0 Å². The molecule has 1 spiro atoms. The number of carbonyl (C=O) groups is 2. The van der Waals surface area contributed by atoms with E-state index in [4.69, 9.17) is 0 Å². The SMILES string of the molecule is C=CC(=O)N1CC2(CCN([C@H](C)c3cc4c(c(C(F)(F)F)c3)CN(c3cccc(C5(c6nncs6)CC(C)C5)c3)C4=O)C2)C1. The van der Waals surface area contributed by atoms with E-state index in [0.29, 0.717) is 36.8 Å². The van der Waals surface area contributed by atoms with E-state index in [1.807, 2.05) is 25.1 Å². The zero-order valence-corrected chi connectivity index (χ0v) is 25.5. The van der Waals surface area contributed by atoms with Crippen molar-refractivity contribution in [3.05, 3.63) is 87.4 Å². The van der Waals surface area contributed by atoms with Crippen molar-refractivity contribution in [3.8, 4) is 0 Å². The number of carbonyl (C=O) groups excluding carboxylic acids is 2. The molecule has 7 nitrogen and oxygen atoms in total. The summed E-state index contributed by atoms with van der Waals surface area (Å²) in [5.74, 6) is -0.000722. The molecule has 4 aliphatic rings. The van der Waals surface area contributed by atoms with Gasteiger partial charge in [-0.1, -0.05) is 25.6 Å². The van der Waals surface area contributed by atoms with Gasteiger partial charge in [0.15, 0.2) is 0 Å². The minimum Gasteiger partial charge on any atom is -0.338 e. The van der Waals surface area contributed by atoms with Gasteiger partial charge in [-0.25, -0.2) is 0 Å². The van der Waals surface area contributed by atoms with Gasteiger partial charge < -0.3 is 9.80 Å². The molecule has 3 aromatic rings. The van der Waals surface area contributed by atoms with Crippen LogP contribution in [0.1, 0.15) is 76.8 Å². The normalized spacial score (nSPS) is 25.1. The molecule has 11 heteroatoms. The van der Waals surface area contributed by atoms with Gasteiger partial charge in [-0.2, -0.15) is 13.2 Å². The lowest BCUT2D eigenvalue weighted by atomic mass is 9.59. The number of anilines is 1. The van der Waals surface area contributed by atoms with E-state index < -0.39 is 17.6 Å². The summed E-state index contributed by atoms with van der Waals surface area (Å²) < 4.78 is 43.6. The van der Waals surface area contributed by atoms with E-state index in [-0.39, 0.29) is 40.5 Å². The van der Waals surface area contributed by atoms with Gasteiger partial charge in [0.2, 0.25) is 5.91 Å². The van der Waals surface area contributed by atoms with Crippen molar-refractivity contribution in [1.29, 1.82) is 0 Å². The third-order valence-electron chi connectivity index (χ3n) is 10.3. The van der Waals surface area contributed by atoms with Gasteiger partial charge in [0.1, 0.15) is 10.5 Å². The van der Waals surface area contributed by atoms with Crippen molar-refractivity contribution >= 4 is 28.8 Å². The maximum absolute atomic E-state index is 14.5. The Balaban J connectivity index is 1.17. The minimum atomic E-state index is -4.60. The Kier molecular flexibility index (Phi) is 6.78. The van der Waals surface area contributed by atoms with Gasteiger partial charge in [0.05, 0.1) is 12.1 Å². The summed E-state index contributed by atoms with van der Waals surface area (Å²) >= 11 is 1.50. The molecule has 3 aliphatic heterocycles. The highest BCUT2D eigenvalue weighted by Gasteiger charge is 2.50. The Morgan fingerprint density at radius 2 is 1.95 bits per heavy atom. The lowest BCUT2D eigenvalue weighted by molar-refractivity contribution is -0.138. The summed E-state index contributed by atoms with van der Waals surface area (Å²) in [6, 6.07) is 10.2. The fourth-order valence-electron chi connectivity index (χ4n) is 7.97. The molecule has 230 valence electrons. The molecule has 44 heavy (non-hydrogen) atoms. The van der Waals surface area contributed by atoms with E-state index in [1.54, 1.807) is 22.5 Å². The van der Waals surface area contributed by atoms with E-state index in [1.165, 1.54) is 28.4 Å². The number of aromatic nitrogens is 2. The molecule has 3 fully saturated rings. The topological polar surface area (TPSA) is 69.6 Å². The van der Waals surface area contributed by atoms with Crippen molar-refractivity contribution in [2.75, 3.05) is 31.1 Å². The molecule has 4 heterocycles. The van der Waals surface area contributed by atoms with Gasteiger partial charge in [-0.3, -0.25) is 14.5 Å². The number of fused-ring (bicyclic) bond motifs is 1. The molecule has 0 bridgehead atoms. The first-order valence-electron chi connectivity index (χ1n) is 15.0. The van der Waals surface area contributed by atoms with Crippen LogP contribution in [0.3, 0.4) is 0 Å². The highest BCUT2D eigenvalue weighted by atomic mass is 32.1. The first-order chi connectivity index (χ1) is 20.9. The van der Waals surface area contributed by atoms with E-state index in [2.05, 4.69) is 28.6 Å².